The molecule has 4 heteroatoms. The molecule has 3 rings (SSSR count). The molecule has 1 unspecified atom stereocenters. The summed E-state index contributed by atoms with van der Waals surface area (Å²) in [5, 5.41) is 4.45. The maximum atomic E-state index is 6.22. The van der Waals surface area contributed by atoms with Gasteiger partial charge < -0.3 is 4.74 Å². The Balaban J connectivity index is 1.63. The highest BCUT2D eigenvalue weighted by Crippen LogP contribution is 2.26. The van der Waals surface area contributed by atoms with Crippen molar-refractivity contribution in [1.29, 1.82) is 0 Å². The van der Waals surface area contributed by atoms with Crippen molar-refractivity contribution in [2.45, 2.75) is 38.1 Å². The number of nitrogens with zero attached hydrogens (tertiary/aromatic N) is 2. The monoisotopic (exact) mass is 290 g/mol. The van der Waals surface area contributed by atoms with Crippen molar-refractivity contribution >= 4 is 11.6 Å². The van der Waals surface area contributed by atoms with Crippen molar-refractivity contribution in [3.63, 3.8) is 0 Å². The number of ether oxygens (including phenoxy) is 1. The molecule has 20 heavy (non-hydrogen) atoms. The average molecular weight is 291 g/mol. The Morgan fingerprint density at radius 2 is 2.35 bits per heavy atom. The zero-order valence-corrected chi connectivity index (χ0v) is 12.4. The van der Waals surface area contributed by atoms with E-state index in [1.54, 1.807) is 0 Å². The summed E-state index contributed by atoms with van der Waals surface area (Å²) in [5.74, 6) is 1.04. The van der Waals surface area contributed by atoms with Crippen molar-refractivity contribution in [2.24, 2.45) is 0 Å². The van der Waals surface area contributed by atoms with Crippen molar-refractivity contribution in [3.05, 3.63) is 47.3 Å². The van der Waals surface area contributed by atoms with Gasteiger partial charge in [0.15, 0.2) is 0 Å². The Morgan fingerprint density at radius 3 is 3.20 bits per heavy atom. The second kappa shape index (κ2) is 5.88. The second-order valence-electron chi connectivity index (χ2n) is 5.20. The van der Waals surface area contributed by atoms with Crippen LogP contribution >= 0.6 is 11.6 Å². The fourth-order valence-electron chi connectivity index (χ4n) is 2.54. The van der Waals surface area contributed by atoms with Gasteiger partial charge >= 0.3 is 0 Å². The number of fused-ring (bicyclic) bond motifs is 1. The van der Waals surface area contributed by atoms with E-state index in [2.05, 4.69) is 36.4 Å². The third-order valence-corrected chi connectivity index (χ3v) is 4.32. The lowest BCUT2D eigenvalue weighted by Crippen LogP contribution is -2.02. The normalized spacial score (nSPS) is 14.9. The van der Waals surface area contributed by atoms with Crippen LogP contribution in [-0.4, -0.2) is 16.4 Å². The van der Waals surface area contributed by atoms with Gasteiger partial charge in [0.1, 0.15) is 5.75 Å². The van der Waals surface area contributed by atoms with Gasteiger partial charge in [0.25, 0.3) is 0 Å². The molecule has 0 amide bonds. The van der Waals surface area contributed by atoms with E-state index in [1.807, 2.05) is 10.9 Å². The largest absolute Gasteiger partial charge is 0.493 e. The maximum absolute atomic E-state index is 6.22. The van der Waals surface area contributed by atoms with Gasteiger partial charge in [0.05, 0.1) is 18.2 Å². The van der Waals surface area contributed by atoms with Gasteiger partial charge in [-0.3, -0.25) is 4.68 Å². The fraction of sp³-hybridized carbons (Fsp3) is 0.438. The van der Waals surface area contributed by atoms with Crippen LogP contribution in [0, 0.1) is 0 Å². The van der Waals surface area contributed by atoms with Gasteiger partial charge in [-0.15, -0.1) is 11.6 Å². The first-order valence-corrected chi connectivity index (χ1v) is 7.61. The van der Waals surface area contributed by atoms with Gasteiger partial charge in [-0.25, -0.2) is 0 Å². The molecule has 0 aliphatic carbocycles. The minimum absolute atomic E-state index is 0.0703. The van der Waals surface area contributed by atoms with Crippen molar-refractivity contribution in [3.8, 4) is 5.75 Å². The number of aryl methyl sites for hydroxylation is 2. The molecule has 2 aromatic rings. The van der Waals surface area contributed by atoms with Crippen LogP contribution in [-0.2, 0) is 19.4 Å². The molecule has 3 nitrogen and oxygen atoms in total. The lowest BCUT2D eigenvalue weighted by molar-refractivity contribution is 0.357. The highest BCUT2D eigenvalue weighted by molar-refractivity contribution is 6.20. The quantitative estimate of drug-likeness (QED) is 0.784. The topological polar surface area (TPSA) is 27.1 Å². The lowest BCUT2D eigenvalue weighted by atomic mass is 10.1. The third-order valence-electron chi connectivity index (χ3n) is 3.76. The molecular formula is C16H19ClN2O. The molecule has 0 radical (unpaired) electrons. The van der Waals surface area contributed by atoms with E-state index in [9.17, 15) is 0 Å². The molecule has 0 saturated heterocycles. The summed E-state index contributed by atoms with van der Waals surface area (Å²) in [7, 11) is 0. The first-order chi connectivity index (χ1) is 9.76. The molecule has 0 N–H and O–H groups in total. The predicted molar refractivity (Wildman–Crippen MR) is 80.5 cm³/mol. The molecule has 1 aromatic heterocycles. The van der Waals surface area contributed by atoms with Gasteiger partial charge in [-0.05, 0) is 30.0 Å². The Bertz CT molecular complexity index is 594. The van der Waals surface area contributed by atoms with E-state index < -0.39 is 0 Å². The third kappa shape index (κ3) is 2.83. The summed E-state index contributed by atoms with van der Waals surface area (Å²) in [4.78, 5) is 0. The number of alkyl halides is 1. The summed E-state index contributed by atoms with van der Waals surface area (Å²) in [6, 6.07) is 6.48. The molecule has 1 aliphatic heterocycles. The van der Waals surface area contributed by atoms with Crippen LogP contribution < -0.4 is 4.74 Å². The van der Waals surface area contributed by atoms with Crippen LogP contribution in [0.5, 0.6) is 5.75 Å². The number of halogens is 1. The summed E-state index contributed by atoms with van der Waals surface area (Å²) in [6.45, 7) is 3.78. The van der Waals surface area contributed by atoms with Crippen LogP contribution in [0.3, 0.4) is 0 Å². The van der Waals surface area contributed by atoms with Crippen molar-refractivity contribution < 1.29 is 4.74 Å². The summed E-state index contributed by atoms with van der Waals surface area (Å²) in [6.07, 6.45) is 6.86. The molecule has 2 heterocycles. The number of rotatable bonds is 5. The Hall–Kier alpha value is -1.48. The first kappa shape index (κ1) is 13.5. The number of aromatic nitrogens is 2. The van der Waals surface area contributed by atoms with Crippen molar-refractivity contribution in [1.82, 2.24) is 9.78 Å². The zero-order chi connectivity index (χ0) is 13.9. The fourth-order valence-corrected chi connectivity index (χ4v) is 2.65. The van der Waals surface area contributed by atoms with Gasteiger partial charge in [-0.2, -0.15) is 5.10 Å². The SMILES string of the molecule is CCC(Cl)c1cnn(CCc2ccc3c(c2)CCO3)c1. The molecule has 0 saturated carbocycles. The molecule has 106 valence electrons. The standard InChI is InChI=1S/C16H19ClN2O/c1-2-15(17)14-10-18-19(11-14)7-5-12-3-4-16-13(9-12)6-8-20-16/h3-4,9-11,15H,2,5-8H2,1H3. The number of hydrogen-bond acceptors (Lipinski definition) is 2. The molecule has 1 atom stereocenters. The average Bonchev–Trinajstić information content (AvgIpc) is 3.12. The van der Waals surface area contributed by atoms with Crippen molar-refractivity contribution in [2.75, 3.05) is 6.61 Å². The van der Waals surface area contributed by atoms with Crippen LogP contribution in [0.2, 0.25) is 0 Å². The van der Waals surface area contributed by atoms with E-state index >= 15 is 0 Å². The van der Waals surface area contributed by atoms with E-state index in [-0.39, 0.29) is 5.38 Å². The van der Waals surface area contributed by atoms with Gasteiger partial charge in [0.2, 0.25) is 0 Å². The van der Waals surface area contributed by atoms with Crippen LogP contribution in [0.15, 0.2) is 30.6 Å². The minimum Gasteiger partial charge on any atom is -0.493 e. The summed E-state index contributed by atoms with van der Waals surface area (Å²) in [5.41, 5.74) is 3.77. The molecular weight excluding hydrogens is 272 g/mol. The molecule has 0 spiro atoms. The molecule has 1 aromatic carbocycles. The Labute approximate surface area is 124 Å². The summed E-state index contributed by atoms with van der Waals surface area (Å²) >= 11 is 6.22. The highest BCUT2D eigenvalue weighted by atomic mass is 35.5. The second-order valence-corrected chi connectivity index (χ2v) is 5.73. The van der Waals surface area contributed by atoms with Crippen LogP contribution in [0.4, 0.5) is 0 Å². The van der Waals surface area contributed by atoms with E-state index in [4.69, 9.17) is 16.3 Å². The van der Waals surface area contributed by atoms with Crippen LogP contribution in [0.1, 0.15) is 35.4 Å². The highest BCUT2D eigenvalue weighted by Gasteiger charge is 2.12. The van der Waals surface area contributed by atoms with E-state index in [1.165, 1.54) is 11.1 Å². The molecule has 1 aliphatic rings. The van der Waals surface area contributed by atoms with Crippen LogP contribution in [0.25, 0.3) is 0 Å². The summed E-state index contributed by atoms with van der Waals surface area (Å²) < 4.78 is 7.50. The maximum Gasteiger partial charge on any atom is 0.122 e. The minimum atomic E-state index is 0.0703. The van der Waals surface area contributed by atoms with E-state index in [0.717, 1.165) is 43.7 Å². The molecule has 0 bridgehead atoms. The van der Waals surface area contributed by atoms with E-state index in [0.29, 0.717) is 0 Å². The number of hydrogen-bond donors (Lipinski definition) is 0. The zero-order valence-electron chi connectivity index (χ0n) is 11.7. The smallest absolute Gasteiger partial charge is 0.122 e. The first-order valence-electron chi connectivity index (χ1n) is 7.17. The Morgan fingerprint density at radius 1 is 1.45 bits per heavy atom. The Kier molecular flexibility index (Phi) is 3.97. The predicted octanol–water partition coefficient (Wildman–Crippen LogP) is 3.75. The van der Waals surface area contributed by atoms with Gasteiger partial charge in [-0.1, -0.05) is 19.1 Å². The lowest BCUT2D eigenvalue weighted by Gasteiger charge is -2.05. The number of benzene rings is 1. The van der Waals surface area contributed by atoms with Gasteiger partial charge in [0, 0.05) is 24.7 Å². The molecule has 0 fully saturated rings.